The van der Waals surface area contributed by atoms with Crippen molar-refractivity contribution in [2.75, 3.05) is 0 Å². The summed E-state index contributed by atoms with van der Waals surface area (Å²) in [4.78, 5) is 12.3. The van der Waals surface area contributed by atoms with Crippen molar-refractivity contribution in [2.24, 2.45) is 5.92 Å². The smallest absolute Gasteiger partial charge is 0.309 e. The van der Waals surface area contributed by atoms with Crippen molar-refractivity contribution in [3.05, 3.63) is 65.7 Å². The molecule has 0 aliphatic heterocycles. The monoisotopic (exact) mass is 340 g/mol. The highest BCUT2D eigenvalue weighted by molar-refractivity contribution is 5.73. The molecular weight excluding hydrogens is 312 g/mol. The lowest BCUT2D eigenvalue weighted by molar-refractivity contribution is -0.160. The molecule has 3 nitrogen and oxygen atoms in total. The first-order chi connectivity index (χ1) is 11.8. The second-order valence-corrected chi connectivity index (χ2v) is 7.45. The van der Waals surface area contributed by atoms with Gasteiger partial charge in [-0.2, -0.15) is 0 Å². The number of rotatable bonds is 6. The molecule has 0 spiro atoms. The van der Waals surface area contributed by atoms with Crippen LogP contribution >= 0.6 is 0 Å². The highest BCUT2D eigenvalue weighted by atomic mass is 16.6. The van der Waals surface area contributed by atoms with E-state index in [2.05, 4.69) is 6.92 Å². The Bertz CT molecular complexity index is 669. The fourth-order valence-corrected chi connectivity index (χ4v) is 2.50. The standard InChI is InChI=1S/C22H28O3/c1-16(17(2)21(23)25-22(3,4)5)19-11-13-20(14-12-19)24-15-18-9-7-6-8-10-18/h6-14,16-17H,15H2,1-5H3/t16?,17-/m1/s1. The molecule has 2 aromatic rings. The van der Waals surface area contributed by atoms with E-state index in [-0.39, 0.29) is 17.8 Å². The molecular formula is C22H28O3. The summed E-state index contributed by atoms with van der Waals surface area (Å²) in [5.41, 5.74) is 1.78. The number of benzene rings is 2. The Morgan fingerprint density at radius 2 is 1.56 bits per heavy atom. The molecule has 134 valence electrons. The molecule has 0 heterocycles. The third-order valence-electron chi connectivity index (χ3n) is 4.18. The van der Waals surface area contributed by atoms with Crippen molar-refractivity contribution < 1.29 is 14.3 Å². The summed E-state index contributed by atoms with van der Waals surface area (Å²) in [7, 11) is 0. The van der Waals surface area contributed by atoms with Crippen LogP contribution in [0.2, 0.25) is 0 Å². The Morgan fingerprint density at radius 1 is 0.960 bits per heavy atom. The largest absolute Gasteiger partial charge is 0.489 e. The summed E-state index contributed by atoms with van der Waals surface area (Å²) in [6.45, 7) is 10.2. The molecule has 2 rings (SSSR count). The van der Waals surface area contributed by atoms with Crippen LogP contribution in [-0.4, -0.2) is 11.6 Å². The molecule has 0 amide bonds. The minimum absolute atomic E-state index is 0.0815. The van der Waals surface area contributed by atoms with Crippen molar-refractivity contribution in [3.8, 4) is 5.75 Å². The number of esters is 1. The minimum atomic E-state index is -0.458. The van der Waals surface area contributed by atoms with Gasteiger partial charge in [0, 0.05) is 0 Å². The predicted octanol–water partition coefficient (Wildman–Crippen LogP) is 5.35. The Kier molecular flexibility index (Phi) is 6.24. The first-order valence-corrected chi connectivity index (χ1v) is 8.76. The molecule has 0 radical (unpaired) electrons. The normalized spacial score (nSPS) is 13.8. The van der Waals surface area contributed by atoms with Crippen LogP contribution in [0.25, 0.3) is 0 Å². The van der Waals surface area contributed by atoms with E-state index in [0.29, 0.717) is 6.61 Å². The Hall–Kier alpha value is -2.29. The summed E-state index contributed by atoms with van der Waals surface area (Å²) in [6, 6.07) is 18.0. The zero-order valence-corrected chi connectivity index (χ0v) is 15.8. The van der Waals surface area contributed by atoms with Crippen LogP contribution in [-0.2, 0) is 16.1 Å². The molecule has 0 aromatic heterocycles. The van der Waals surface area contributed by atoms with Crippen LogP contribution < -0.4 is 4.74 Å². The van der Waals surface area contributed by atoms with Crippen molar-refractivity contribution in [1.29, 1.82) is 0 Å². The Balaban J connectivity index is 1.95. The lowest BCUT2D eigenvalue weighted by Crippen LogP contribution is -2.29. The summed E-state index contributed by atoms with van der Waals surface area (Å²) >= 11 is 0. The zero-order valence-electron chi connectivity index (χ0n) is 15.8. The first kappa shape index (κ1) is 19.0. The molecule has 0 aliphatic carbocycles. The summed E-state index contributed by atoms with van der Waals surface area (Å²) < 4.78 is 11.3. The molecule has 0 bridgehead atoms. The number of hydrogen-bond donors (Lipinski definition) is 0. The van der Waals surface area contributed by atoms with Gasteiger partial charge in [0.05, 0.1) is 5.92 Å². The van der Waals surface area contributed by atoms with E-state index in [0.717, 1.165) is 16.9 Å². The third kappa shape index (κ3) is 5.93. The van der Waals surface area contributed by atoms with E-state index < -0.39 is 5.60 Å². The second-order valence-electron chi connectivity index (χ2n) is 7.45. The molecule has 0 fully saturated rings. The number of carbonyl (C=O) groups is 1. The van der Waals surface area contributed by atoms with Gasteiger partial charge in [-0.1, -0.05) is 56.3 Å². The minimum Gasteiger partial charge on any atom is -0.489 e. The van der Waals surface area contributed by atoms with Crippen molar-refractivity contribution >= 4 is 5.97 Å². The SMILES string of the molecule is CC(c1ccc(OCc2ccccc2)cc1)[C@@H](C)C(=O)OC(C)(C)C. The molecule has 0 saturated carbocycles. The van der Waals surface area contributed by atoms with Crippen molar-refractivity contribution in [1.82, 2.24) is 0 Å². The van der Waals surface area contributed by atoms with Gasteiger partial charge < -0.3 is 9.47 Å². The van der Waals surface area contributed by atoms with Crippen LogP contribution in [0.3, 0.4) is 0 Å². The molecule has 0 aliphatic rings. The van der Waals surface area contributed by atoms with Gasteiger partial charge >= 0.3 is 5.97 Å². The summed E-state index contributed by atoms with van der Waals surface area (Å²) in [5, 5.41) is 0. The van der Waals surface area contributed by atoms with Crippen molar-refractivity contribution in [3.63, 3.8) is 0 Å². The molecule has 3 heteroatoms. The molecule has 0 saturated heterocycles. The Morgan fingerprint density at radius 3 is 2.12 bits per heavy atom. The second kappa shape index (κ2) is 8.19. The van der Waals surface area contributed by atoms with Crippen LogP contribution in [0.5, 0.6) is 5.75 Å². The average Bonchev–Trinajstić information content (AvgIpc) is 2.58. The van der Waals surface area contributed by atoms with E-state index in [4.69, 9.17) is 9.47 Å². The number of ether oxygens (including phenoxy) is 2. The maximum atomic E-state index is 12.3. The fourth-order valence-electron chi connectivity index (χ4n) is 2.50. The average molecular weight is 340 g/mol. The van der Waals surface area contributed by atoms with Crippen molar-refractivity contribution in [2.45, 2.75) is 52.7 Å². The highest BCUT2D eigenvalue weighted by Crippen LogP contribution is 2.28. The third-order valence-corrected chi connectivity index (χ3v) is 4.18. The quantitative estimate of drug-likeness (QED) is 0.665. The van der Waals surface area contributed by atoms with Gasteiger partial charge in [-0.15, -0.1) is 0 Å². The van der Waals surface area contributed by atoms with E-state index in [9.17, 15) is 4.79 Å². The van der Waals surface area contributed by atoms with Gasteiger partial charge in [0.25, 0.3) is 0 Å². The lowest BCUT2D eigenvalue weighted by Gasteiger charge is -2.25. The molecule has 2 aromatic carbocycles. The van der Waals surface area contributed by atoms with Gasteiger partial charge in [0.2, 0.25) is 0 Å². The van der Waals surface area contributed by atoms with E-state index in [1.54, 1.807) is 0 Å². The molecule has 0 N–H and O–H groups in total. The van der Waals surface area contributed by atoms with E-state index in [1.165, 1.54) is 0 Å². The number of carbonyl (C=O) groups excluding carboxylic acids is 1. The zero-order chi connectivity index (χ0) is 18.4. The maximum absolute atomic E-state index is 12.3. The Labute approximate surface area is 151 Å². The molecule has 25 heavy (non-hydrogen) atoms. The van der Waals surface area contributed by atoms with Crippen LogP contribution in [0.15, 0.2) is 54.6 Å². The topological polar surface area (TPSA) is 35.5 Å². The lowest BCUT2D eigenvalue weighted by atomic mass is 9.89. The van der Waals surface area contributed by atoms with E-state index >= 15 is 0 Å². The first-order valence-electron chi connectivity index (χ1n) is 8.76. The van der Waals surface area contributed by atoms with Crippen LogP contribution in [0, 0.1) is 5.92 Å². The number of hydrogen-bond acceptors (Lipinski definition) is 3. The highest BCUT2D eigenvalue weighted by Gasteiger charge is 2.26. The fraction of sp³-hybridized carbons (Fsp3) is 0.409. The van der Waals surface area contributed by atoms with Gasteiger partial charge in [-0.05, 0) is 49.9 Å². The van der Waals surface area contributed by atoms with Gasteiger partial charge in [-0.3, -0.25) is 4.79 Å². The van der Waals surface area contributed by atoms with Gasteiger partial charge in [0.15, 0.2) is 0 Å². The summed E-state index contributed by atoms with van der Waals surface area (Å²) in [6.07, 6.45) is 0. The van der Waals surface area contributed by atoms with E-state index in [1.807, 2.05) is 82.3 Å². The maximum Gasteiger partial charge on any atom is 0.309 e. The summed E-state index contributed by atoms with van der Waals surface area (Å²) in [5.74, 6) is 0.544. The molecule has 1 unspecified atom stereocenters. The predicted molar refractivity (Wildman–Crippen MR) is 101 cm³/mol. The van der Waals surface area contributed by atoms with Crippen LogP contribution in [0.4, 0.5) is 0 Å². The van der Waals surface area contributed by atoms with Gasteiger partial charge in [-0.25, -0.2) is 0 Å². The van der Waals surface area contributed by atoms with Crippen LogP contribution in [0.1, 0.15) is 51.7 Å². The van der Waals surface area contributed by atoms with Gasteiger partial charge in [0.1, 0.15) is 18.0 Å². The molecule has 2 atom stereocenters.